The number of ether oxygens (including phenoxy) is 1. The maximum absolute atomic E-state index is 12.4. The molecule has 5 nitrogen and oxygen atoms in total. The smallest absolute Gasteiger partial charge is 0.323 e. The molecule has 0 aliphatic heterocycles. The highest BCUT2D eigenvalue weighted by atomic mass is 31.2. The van der Waals surface area contributed by atoms with Crippen molar-refractivity contribution in [1.29, 1.82) is 0 Å². The lowest BCUT2D eigenvalue weighted by atomic mass is 10.4. The van der Waals surface area contributed by atoms with Crippen molar-refractivity contribution in [2.24, 2.45) is 0 Å². The zero-order valence-electron chi connectivity index (χ0n) is 11.4. The highest BCUT2D eigenvalue weighted by Gasteiger charge is 2.28. The Bertz CT molecular complexity index is 281. The van der Waals surface area contributed by atoms with Crippen LogP contribution in [-0.2, 0) is 18.6 Å². The van der Waals surface area contributed by atoms with Crippen molar-refractivity contribution >= 4 is 13.5 Å². The summed E-state index contributed by atoms with van der Waals surface area (Å²) in [4.78, 5) is 11.4. The van der Waals surface area contributed by atoms with Crippen molar-refractivity contribution in [3.63, 3.8) is 0 Å². The molecule has 0 radical (unpaired) electrons. The van der Waals surface area contributed by atoms with Crippen LogP contribution >= 0.6 is 7.52 Å². The Hall–Kier alpha value is -0.380. The lowest BCUT2D eigenvalue weighted by Crippen LogP contribution is -2.35. The number of rotatable bonds is 8. The second-order valence-electron chi connectivity index (χ2n) is 4.15. The van der Waals surface area contributed by atoms with Crippen LogP contribution < -0.4 is 5.09 Å². The van der Waals surface area contributed by atoms with Gasteiger partial charge in [-0.2, -0.15) is 0 Å². The third-order valence-electron chi connectivity index (χ3n) is 1.93. The minimum atomic E-state index is -2.96. The molecule has 0 heterocycles. The number of esters is 1. The van der Waals surface area contributed by atoms with E-state index >= 15 is 0 Å². The van der Waals surface area contributed by atoms with Gasteiger partial charge in [0.15, 0.2) is 0 Å². The highest BCUT2D eigenvalue weighted by Crippen LogP contribution is 2.44. The summed E-state index contributed by atoms with van der Waals surface area (Å²) in [5.74, 6) is -0.406. The van der Waals surface area contributed by atoms with Crippen molar-refractivity contribution in [2.75, 3.05) is 12.8 Å². The lowest BCUT2D eigenvalue weighted by molar-refractivity contribution is -0.144. The first kappa shape index (κ1) is 16.6. The van der Waals surface area contributed by atoms with Crippen LogP contribution in [0.25, 0.3) is 0 Å². The van der Waals surface area contributed by atoms with E-state index in [0.29, 0.717) is 12.8 Å². The largest absolute Gasteiger partial charge is 0.465 e. The van der Waals surface area contributed by atoms with Crippen LogP contribution in [-0.4, -0.2) is 30.9 Å². The first-order chi connectivity index (χ1) is 7.84. The SMILES string of the molecule is CCCP(=O)(N[C@@H](C)C(=O)OCC)OC(C)C. The van der Waals surface area contributed by atoms with Gasteiger partial charge in [0.05, 0.1) is 12.7 Å². The molecule has 0 saturated carbocycles. The molecular formula is C11H24NO4P. The summed E-state index contributed by atoms with van der Waals surface area (Å²) in [7, 11) is -2.96. The van der Waals surface area contributed by atoms with E-state index in [4.69, 9.17) is 9.26 Å². The van der Waals surface area contributed by atoms with Gasteiger partial charge in [0.2, 0.25) is 0 Å². The molecule has 0 bridgehead atoms. The molecule has 0 aromatic rings. The quantitative estimate of drug-likeness (QED) is 0.539. The van der Waals surface area contributed by atoms with Gasteiger partial charge in [0, 0.05) is 6.16 Å². The molecule has 0 fully saturated rings. The second-order valence-corrected chi connectivity index (χ2v) is 6.42. The molecule has 17 heavy (non-hydrogen) atoms. The third-order valence-corrected chi connectivity index (χ3v) is 4.51. The summed E-state index contributed by atoms with van der Waals surface area (Å²) in [6, 6.07) is -0.619. The molecular weight excluding hydrogens is 241 g/mol. The molecule has 0 rings (SSSR count). The van der Waals surface area contributed by atoms with E-state index in [1.54, 1.807) is 13.8 Å². The number of hydrogen-bond acceptors (Lipinski definition) is 4. The number of carbonyl (C=O) groups excluding carboxylic acids is 1. The third kappa shape index (κ3) is 6.81. The first-order valence-electron chi connectivity index (χ1n) is 6.06. The lowest BCUT2D eigenvalue weighted by Gasteiger charge is -2.24. The van der Waals surface area contributed by atoms with Gasteiger partial charge < -0.3 is 9.26 Å². The number of carbonyl (C=O) groups is 1. The Balaban J connectivity index is 4.53. The van der Waals surface area contributed by atoms with E-state index in [-0.39, 0.29) is 6.10 Å². The predicted octanol–water partition coefficient (Wildman–Crippen LogP) is 2.56. The normalized spacial score (nSPS) is 16.6. The van der Waals surface area contributed by atoms with E-state index < -0.39 is 19.5 Å². The van der Waals surface area contributed by atoms with Crippen molar-refractivity contribution in [2.45, 2.75) is 53.2 Å². The predicted molar refractivity (Wildman–Crippen MR) is 68.2 cm³/mol. The molecule has 0 aromatic carbocycles. The maximum atomic E-state index is 12.4. The van der Waals surface area contributed by atoms with Crippen LogP contribution in [0.15, 0.2) is 0 Å². The maximum Gasteiger partial charge on any atom is 0.323 e. The minimum Gasteiger partial charge on any atom is -0.465 e. The van der Waals surface area contributed by atoms with Crippen LogP contribution in [0.3, 0.4) is 0 Å². The fraction of sp³-hybridized carbons (Fsp3) is 0.909. The van der Waals surface area contributed by atoms with E-state index in [1.807, 2.05) is 20.8 Å². The van der Waals surface area contributed by atoms with E-state index in [9.17, 15) is 9.36 Å². The van der Waals surface area contributed by atoms with Gasteiger partial charge in [-0.3, -0.25) is 9.36 Å². The summed E-state index contributed by atoms with van der Waals surface area (Å²) in [5, 5.41) is 2.77. The van der Waals surface area contributed by atoms with E-state index in [1.165, 1.54) is 0 Å². The summed E-state index contributed by atoms with van der Waals surface area (Å²) in [5.41, 5.74) is 0. The van der Waals surface area contributed by atoms with Gasteiger partial charge >= 0.3 is 5.97 Å². The molecule has 0 spiro atoms. The topological polar surface area (TPSA) is 64.6 Å². The standard InChI is InChI=1S/C11H24NO4P/c1-6-8-17(14,16-9(3)4)12-10(5)11(13)15-7-2/h9-10H,6-8H2,1-5H3,(H,12,14)/t10-,17?/m0/s1. The van der Waals surface area contributed by atoms with Gasteiger partial charge in [0.1, 0.15) is 6.04 Å². The molecule has 0 aromatic heterocycles. The van der Waals surface area contributed by atoms with Gasteiger partial charge in [-0.1, -0.05) is 6.92 Å². The summed E-state index contributed by atoms with van der Waals surface area (Å²) in [6.45, 7) is 9.24. The molecule has 0 aliphatic carbocycles. The van der Waals surface area contributed by atoms with Crippen molar-refractivity contribution in [1.82, 2.24) is 5.09 Å². The Morgan fingerprint density at radius 1 is 1.29 bits per heavy atom. The molecule has 1 N–H and O–H groups in total. The Morgan fingerprint density at radius 3 is 2.29 bits per heavy atom. The van der Waals surface area contributed by atoms with Gasteiger partial charge in [-0.25, -0.2) is 5.09 Å². The Kier molecular flexibility index (Phi) is 7.68. The molecule has 6 heteroatoms. The van der Waals surface area contributed by atoms with Gasteiger partial charge in [-0.05, 0) is 34.1 Å². The summed E-state index contributed by atoms with van der Waals surface area (Å²) in [6.07, 6.45) is 0.996. The minimum absolute atomic E-state index is 0.144. The number of nitrogens with one attached hydrogen (secondary N) is 1. The van der Waals surface area contributed by atoms with Crippen LogP contribution in [0.1, 0.15) is 41.0 Å². The number of hydrogen-bond donors (Lipinski definition) is 1. The van der Waals surface area contributed by atoms with Crippen LogP contribution in [0, 0.1) is 0 Å². The molecule has 1 unspecified atom stereocenters. The molecule has 2 atom stereocenters. The van der Waals surface area contributed by atoms with Crippen molar-refractivity contribution in [3.05, 3.63) is 0 Å². The second kappa shape index (κ2) is 7.85. The summed E-state index contributed by atoms with van der Waals surface area (Å²) >= 11 is 0. The van der Waals surface area contributed by atoms with Crippen LogP contribution in [0.5, 0.6) is 0 Å². The average Bonchev–Trinajstić information content (AvgIpc) is 2.16. The molecule has 0 aliphatic rings. The van der Waals surface area contributed by atoms with Crippen LogP contribution in [0.4, 0.5) is 0 Å². The Morgan fingerprint density at radius 2 is 1.88 bits per heavy atom. The monoisotopic (exact) mass is 265 g/mol. The van der Waals surface area contributed by atoms with Crippen molar-refractivity contribution in [3.8, 4) is 0 Å². The fourth-order valence-corrected chi connectivity index (χ4v) is 3.66. The molecule has 0 amide bonds. The zero-order valence-corrected chi connectivity index (χ0v) is 12.3. The van der Waals surface area contributed by atoms with Gasteiger partial charge in [-0.15, -0.1) is 0 Å². The molecule has 0 saturated heterocycles. The average molecular weight is 265 g/mol. The fourth-order valence-electron chi connectivity index (χ4n) is 1.40. The zero-order chi connectivity index (χ0) is 13.5. The van der Waals surface area contributed by atoms with E-state index in [2.05, 4.69) is 5.09 Å². The summed E-state index contributed by atoms with van der Waals surface area (Å²) < 4.78 is 22.7. The highest BCUT2D eigenvalue weighted by molar-refractivity contribution is 7.56. The van der Waals surface area contributed by atoms with Crippen LogP contribution in [0.2, 0.25) is 0 Å². The first-order valence-corrected chi connectivity index (χ1v) is 7.87. The van der Waals surface area contributed by atoms with E-state index in [0.717, 1.165) is 6.42 Å². The molecule has 102 valence electrons. The van der Waals surface area contributed by atoms with Gasteiger partial charge in [0.25, 0.3) is 7.52 Å². The van der Waals surface area contributed by atoms with Crippen molar-refractivity contribution < 1.29 is 18.6 Å². The Labute approximate surface area is 104 Å².